The second kappa shape index (κ2) is 9.36. The lowest BCUT2D eigenvalue weighted by Crippen LogP contribution is -2.40. The number of benzene rings is 2. The van der Waals surface area contributed by atoms with Crippen LogP contribution in [0.4, 0.5) is 0 Å². The van der Waals surface area contributed by atoms with Crippen molar-refractivity contribution in [2.24, 2.45) is 0 Å². The fourth-order valence-corrected chi connectivity index (χ4v) is 4.07. The molecule has 142 valence electrons. The van der Waals surface area contributed by atoms with Crippen molar-refractivity contribution in [3.8, 4) is 0 Å². The minimum atomic E-state index is -0.128. The van der Waals surface area contributed by atoms with Crippen LogP contribution in [-0.2, 0) is 4.79 Å². The van der Waals surface area contributed by atoms with Crippen LogP contribution in [0.3, 0.4) is 0 Å². The minimum absolute atomic E-state index is 0.128. The molecule has 1 aliphatic heterocycles. The molecule has 2 aromatic rings. The van der Waals surface area contributed by atoms with Gasteiger partial charge in [-0.05, 0) is 37.0 Å². The molecule has 0 bridgehead atoms. The summed E-state index contributed by atoms with van der Waals surface area (Å²) in [6.45, 7) is 3.39. The molecule has 1 aliphatic rings. The van der Waals surface area contributed by atoms with Crippen molar-refractivity contribution in [1.29, 1.82) is 0 Å². The normalized spacial score (nSPS) is 17.5. The van der Waals surface area contributed by atoms with Gasteiger partial charge >= 0.3 is 0 Å². The molecule has 0 aliphatic carbocycles. The van der Waals surface area contributed by atoms with E-state index in [1.54, 1.807) is 12.1 Å². The summed E-state index contributed by atoms with van der Waals surface area (Å²) < 4.78 is 0. The fraction of sp³-hybridized carbons (Fsp3) is 0.391. The molecule has 0 aromatic heterocycles. The molecule has 0 spiro atoms. The number of hydrogen-bond donors (Lipinski definition) is 1. The third kappa shape index (κ3) is 4.76. The molecule has 0 radical (unpaired) electrons. The summed E-state index contributed by atoms with van der Waals surface area (Å²) in [6.07, 6.45) is 3.47. The highest BCUT2D eigenvalue weighted by Gasteiger charge is 2.34. The molecule has 2 atom stereocenters. The third-order valence-electron chi connectivity index (χ3n) is 5.41. The van der Waals surface area contributed by atoms with E-state index in [0.29, 0.717) is 24.4 Å². The number of hydrogen-bond acceptors (Lipinski definition) is 2. The van der Waals surface area contributed by atoms with Crippen molar-refractivity contribution < 1.29 is 9.59 Å². The molecule has 2 amide bonds. The molecule has 2 aromatic carbocycles. The third-order valence-corrected chi connectivity index (χ3v) is 5.41. The van der Waals surface area contributed by atoms with Crippen molar-refractivity contribution >= 4 is 11.8 Å². The molecule has 1 N–H and O–H groups in total. The highest BCUT2D eigenvalue weighted by Crippen LogP contribution is 2.33. The van der Waals surface area contributed by atoms with Crippen molar-refractivity contribution in [2.75, 3.05) is 13.1 Å². The molecule has 3 rings (SSSR count). The molecule has 1 heterocycles. The minimum Gasteiger partial charge on any atom is -0.352 e. The highest BCUT2D eigenvalue weighted by atomic mass is 16.2. The summed E-state index contributed by atoms with van der Waals surface area (Å²) in [5.74, 6) is 0.383. The van der Waals surface area contributed by atoms with Gasteiger partial charge in [0, 0.05) is 37.0 Å². The molecule has 4 heteroatoms. The van der Waals surface area contributed by atoms with E-state index in [1.165, 1.54) is 5.56 Å². The van der Waals surface area contributed by atoms with Gasteiger partial charge in [0.15, 0.2) is 0 Å². The number of carbonyl (C=O) groups is 2. The lowest BCUT2D eigenvalue weighted by Gasteiger charge is -2.32. The largest absolute Gasteiger partial charge is 0.352 e. The Balaban J connectivity index is 1.56. The second-order valence-corrected chi connectivity index (χ2v) is 7.09. The van der Waals surface area contributed by atoms with Gasteiger partial charge in [-0.3, -0.25) is 9.59 Å². The van der Waals surface area contributed by atoms with Crippen LogP contribution in [0.15, 0.2) is 60.7 Å². The van der Waals surface area contributed by atoms with Gasteiger partial charge in [0.1, 0.15) is 0 Å². The number of rotatable bonds is 7. The van der Waals surface area contributed by atoms with E-state index in [0.717, 1.165) is 25.8 Å². The van der Waals surface area contributed by atoms with Crippen LogP contribution in [0.5, 0.6) is 0 Å². The molecule has 27 heavy (non-hydrogen) atoms. The smallest absolute Gasteiger partial charge is 0.251 e. The Morgan fingerprint density at radius 2 is 1.74 bits per heavy atom. The Hall–Kier alpha value is -2.62. The first-order chi connectivity index (χ1) is 13.2. The summed E-state index contributed by atoms with van der Waals surface area (Å²) in [7, 11) is 0. The first-order valence-electron chi connectivity index (χ1n) is 9.88. The average molecular weight is 364 g/mol. The van der Waals surface area contributed by atoms with E-state index in [9.17, 15) is 9.59 Å². The maximum atomic E-state index is 12.8. The van der Waals surface area contributed by atoms with Gasteiger partial charge in [-0.2, -0.15) is 0 Å². The highest BCUT2D eigenvalue weighted by molar-refractivity contribution is 5.94. The van der Waals surface area contributed by atoms with E-state index in [4.69, 9.17) is 0 Å². The fourth-order valence-electron chi connectivity index (χ4n) is 4.07. The van der Waals surface area contributed by atoms with Crippen molar-refractivity contribution in [1.82, 2.24) is 10.2 Å². The van der Waals surface area contributed by atoms with E-state index in [1.807, 2.05) is 29.2 Å². The predicted molar refractivity (Wildman–Crippen MR) is 108 cm³/mol. The summed E-state index contributed by atoms with van der Waals surface area (Å²) in [4.78, 5) is 27.0. The predicted octanol–water partition coefficient (Wildman–Crippen LogP) is 3.99. The molecule has 0 saturated carbocycles. The lowest BCUT2D eigenvalue weighted by molar-refractivity contribution is -0.132. The number of amides is 2. The quantitative estimate of drug-likeness (QED) is 0.807. The zero-order valence-electron chi connectivity index (χ0n) is 15.9. The van der Waals surface area contributed by atoms with Crippen molar-refractivity contribution in [3.05, 3.63) is 71.8 Å². The number of carbonyl (C=O) groups excluding carboxylic acids is 2. The van der Waals surface area contributed by atoms with Crippen molar-refractivity contribution in [3.63, 3.8) is 0 Å². The van der Waals surface area contributed by atoms with Crippen LogP contribution >= 0.6 is 0 Å². The zero-order chi connectivity index (χ0) is 19.1. The molecule has 1 fully saturated rings. The van der Waals surface area contributed by atoms with E-state index in [-0.39, 0.29) is 17.9 Å². The van der Waals surface area contributed by atoms with Crippen LogP contribution in [0.1, 0.15) is 54.4 Å². The van der Waals surface area contributed by atoms with Crippen LogP contribution in [0, 0.1) is 0 Å². The Morgan fingerprint density at radius 3 is 2.41 bits per heavy atom. The monoisotopic (exact) mass is 364 g/mol. The van der Waals surface area contributed by atoms with Crippen LogP contribution in [0.25, 0.3) is 0 Å². The maximum Gasteiger partial charge on any atom is 0.251 e. The Bertz CT molecular complexity index is 745. The average Bonchev–Trinajstić information content (AvgIpc) is 3.19. The summed E-state index contributed by atoms with van der Waals surface area (Å²) in [5.41, 5.74) is 1.93. The molecule has 4 nitrogen and oxygen atoms in total. The standard InChI is InChI=1S/C23H28N2O2/c1-2-20(18-10-5-3-6-11-18)21-14-9-17-25(21)22(26)15-16-24-23(27)19-12-7-4-8-13-19/h3-8,10-13,20-21H,2,9,14-17H2,1H3,(H,24,27)/t20-,21-/m1/s1. The Labute approximate surface area is 161 Å². The lowest BCUT2D eigenvalue weighted by atomic mass is 9.87. The molecular formula is C23H28N2O2. The summed E-state index contributed by atoms with van der Waals surface area (Å²) >= 11 is 0. The van der Waals surface area contributed by atoms with Crippen LogP contribution in [0.2, 0.25) is 0 Å². The van der Waals surface area contributed by atoms with Gasteiger partial charge in [-0.25, -0.2) is 0 Å². The van der Waals surface area contributed by atoms with Crippen LogP contribution < -0.4 is 5.32 Å². The van der Waals surface area contributed by atoms with Crippen molar-refractivity contribution in [2.45, 2.75) is 44.6 Å². The first-order valence-corrected chi connectivity index (χ1v) is 9.88. The van der Waals surface area contributed by atoms with E-state index < -0.39 is 0 Å². The van der Waals surface area contributed by atoms with E-state index in [2.05, 4.69) is 36.5 Å². The number of nitrogens with zero attached hydrogens (tertiary/aromatic N) is 1. The van der Waals surface area contributed by atoms with E-state index >= 15 is 0 Å². The van der Waals surface area contributed by atoms with Gasteiger partial charge in [0.2, 0.25) is 5.91 Å². The number of nitrogens with one attached hydrogen (secondary N) is 1. The summed E-state index contributed by atoms with van der Waals surface area (Å²) in [6, 6.07) is 19.9. The maximum absolute atomic E-state index is 12.8. The Morgan fingerprint density at radius 1 is 1.07 bits per heavy atom. The SMILES string of the molecule is CC[C@H](c1ccccc1)[C@H]1CCCN1C(=O)CCNC(=O)c1ccccc1. The summed E-state index contributed by atoms with van der Waals surface area (Å²) in [5, 5.41) is 2.86. The van der Waals surface area contributed by atoms with Gasteiger partial charge < -0.3 is 10.2 Å². The molecular weight excluding hydrogens is 336 g/mol. The topological polar surface area (TPSA) is 49.4 Å². The zero-order valence-corrected chi connectivity index (χ0v) is 15.9. The second-order valence-electron chi connectivity index (χ2n) is 7.09. The van der Waals surface area contributed by atoms with Gasteiger partial charge in [0.05, 0.1) is 0 Å². The molecule has 1 saturated heterocycles. The molecule has 0 unspecified atom stereocenters. The van der Waals surface area contributed by atoms with Gasteiger partial charge in [0.25, 0.3) is 5.91 Å². The van der Waals surface area contributed by atoms with Crippen LogP contribution in [-0.4, -0.2) is 35.8 Å². The van der Waals surface area contributed by atoms with Gasteiger partial charge in [-0.15, -0.1) is 0 Å². The van der Waals surface area contributed by atoms with Gasteiger partial charge in [-0.1, -0.05) is 55.5 Å². The number of likely N-dealkylation sites (tertiary alicyclic amines) is 1. The first kappa shape index (κ1) is 19.2. The Kier molecular flexibility index (Phi) is 6.64.